The fourth-order valence-corrected chi connectivity index (χ4v) is 1.85. The van der Waals surface area contributed by atoms with Crippen molar-refractivity contribution in [2.75, 3.05) is 23.3 Å². The Morgan fingerprint density at radius 3 is 2.93 bits per heavy atom. The molecule has 2 rings (SSSR count). The van der Waals surface area contributed by atoms with Crippen LogP contribution in [0.5, 0.6) is 0 Å². The van der Waals surface area contributed by atoms with Crippen LogP contribution in [0.15, 0.2) is 18.3 Å². The van der Waals surface area contributed by atoms with Gasteiger partial charge in [0.2, 0.25) is 0 Å². The van der Waals surface area contributed by atoms with E-state index in [2.05, 4.69) is 42.0 Å². The zero-order valence-corrected chi connectivity index (χ0v) is 9.04. The van der Waals surface area contributed by atoms with Crippen molar-refractivity contribution in [3.05, 3.63) is 18.3 Å². The van der Waals surface area contributed by atoms with E-state index in [0.29, 0.717) is 0 Å². The average Bonchev–Trinajstić information content (AvgIpc) is 2.15. The van der Waals surface area contributed by atoms with Crippen molar-refractivity contribution in [1.82, 2.24) is 4.98 Å². The summed E-state index contributed by atoms with van der Waals surface area (Å²) in [4.78, 5) is 6.72. The monoisotopic (exact) mass is 191 g/mol. The van der Waals surface area contributed by atoms with Crippen molar-refractivity contribution in [2.24, 2.45) is 0 Å². The highest BCUT2D eigenvalue weighted by Crippen LogP contribution is 2.31. The second-order valence-corrected chi connectivity index (χ2v) is 4.62. The van der Waals surface area contributed by atoms with Crippen molar-refractivity contribution in [2.45, 2.75) is 26.3 Å². The van der Waals surface area contributed by atoms with Crippen LogP contribution in [-0.2, 0) is 0 Å². The van der Waals surface area contributed by atoms with E-state index in [0.717, 1.165) is 18.9 Å². The molecule has 0 saturated heterocycles. The highest BCUT2D eigenvalue weighted by Gasteiger charge is 2.26. The van der Waals surface area contributed by atoms with Gasteiger partial charge in [-0.3, -0.25) is 0 Å². The summed E-state index contributed by atoms with van der Waals surface area (Å²) >= 11 is 0. The zero-order valence-electron chi connectivity index (χ0n) is 9.04. The van der Waals surface area contributed by atoms with Gasteiger partial charge in [0.1, 0.15) is 5.82 Å². The van der Waals surface area contributed by atoms with Crippen LogP contribution in [0.25, 0.3) is 0 Å². The first-order valence-electron chi connectivity index (χ1n) is 5.05. The lowest BCUT2D eigenvalue weighted by molar-refractivity contribution is 0.503. The number of pyridine rings is 1. The first-order chi connectivity index (χ1) is 6.59. The first kappa shape index (κ1) is 9.31. The van der Waals surface area contributed by atoms with E-state index in [9.17, 15) is 0 Å². The molecule has 0 atom stereocenters. The highest BCUT2D eigenvalue weighted by molar-refractivity contribution is 5.68. The van der Waals surface area contributed by atoms with E-state index in [-0.39, 0.29) is 5.54 Å². The van der Waals surface area contributed by atoms with Crippen LogP contribution in [0.4, 0.5) is 11.5 Å². The third kappa shape index (κ3) is 1.54. The minimum absolute atomic E-state index is 0.167. The molecule has 2 heterocycles. The number of fused-ring (bicyclic) bond motifs is 1. The number of aromatic nitrogens is 1. The van der Waals surface area contributed by atoms with E-state index in [1.807, 2.05) is 12.3 Å². The van der Waals surface area contributed by atoms with E-state index in [1.165, 1.54) is 5.69 Å². The number of nitrogens with zero attached hydrogens (tertiary/aromatic N) is 2. The summed E-state index contributed by atoms with van der Waals surface area (Å²) in [6, 6.07) is 4.12. The molecule has 0 saturated carbocycles. The van der Waals surface area contributed by atoms with Crippen LogP contribution in [0.2, 0.25) is 0 Å². The van der Waals surface area contributed by atoms with Gasteiger partial charge in [-0.1, -0.05) is 0 Å². The number of hydrogen-bond acceptors (Lipinski definition) is 3. The number of hydrogen-bond donors (Lipinski definition) is 1. The van der Waals surface area contributed by atoms with Crippen molar-refractivity contribution < 1.29 is 0 Å². The molecule has 3 heteroatoms. The van der Waals surface area contributed by atoms with E-state index in [1.54, 1.807) is 0 Å². The molecule has 1 N–H and O–H groups in total. The first-order valence-corrected chi connectivity index (χ1v) is 5.05. The molecule has 14 heavy (non-hydrogen) atoms. The molecule has 0 aromatic carbocycles. The SMILES string of the molecule is CC(C)(C)N1CCNc2ncccc21. The van der Waals surface area contributed by atoms with Gasteiger partial charge in [0.15, 0.2) is 0 Å². The Balaban J connectivity index is 2.41. The van der Waals surface area contributed by atoms with Gasteiger partial charge in [-0.15, -0.1) is 0 Å². The van der Waals surface area contributed by atoms with Gasteiger partial charge in [0.05, 0.1) is 5.69 Å². The van der Waals surface area contributed by atoms with Gasteiger partial charge < -0.3 is 10.2 Å². The Bertz CT molecular complexity index is 328. The summed E-state index contributed by atoms with van der Waals surface area (Å²) in [5.74, 6) is 1.01. The Labute approximate surface area is 85.1 Å². The maximum absolute atomic E-state index is 4.33. The van der Waals surface area contributed by atoms with Crippen LogP contribution < -0.4 is 10.2 Å². The predicted molar refractivity (Wildman–Crippen MR) is 59.8 cm³/mol. The molecular weight excluding hydrogens is 174 g/mol. The van der Waals surface area contributed by atoms with Crippen molar-refractivity contribution in [3.8, 4) is 0 Å². The summed E-state index contributed by atoms with van der Waals surface area (Å²) in [7, 11) is 0. The molecule has 0 fully saturated rings. The quantitative estimate of drug-likeness (QED) is 0.680. The molecule has 0 spiro atoms. The maximum atomic E-state index is 4.33. The van der Waals surface area contributed by atoms with Crippen LogP contribution in [-0.4, -0.2) is 23.6 Å². The fraction of sp³-hybridized carbons (Fsp3) is 0.545. The minimum Gasteiger partial charge on any atom is -0.367 e. The van der Waals surface area contributed by atoms with E-state index < -0.39 is 0 Å². The molecule has 0 aliphatic carbocycles. The maximum Gasteiger partial charge on any atom is 0.149 e. The van der Waals surface area contributed by atoms with Crippen LogP contribution in [0.1, 0.15) is 20.8 Å². The second-order valence-electron chi connectivity index (χ2n) is 4.62. The van der Waals surface area contributed by atoms with Crippen LogP contribution in [0.3, 0.4) is 0 Å². The Morgan fingerprint density at radius 1 is 1.43 bits per heavy atom. The molecule has 1 aliphatic heterocycles. The lowest BCUT2D eigenvalue weighted by atomic mass is 10.0. The number of nitrogens with one attached hydrogen (secondary N) is 1. The molecule has 3 nitrogen and oxygen atoms in total. The largest absolute Gasteiger partial charge is 0.367 e. The Hall–Kier alpha value is -1.25. The third-order valence-electron chi connectivity index (χ3n) is 2.51. The summed E-state index contributed by atoms with van der Waals surface area (Å²) in [6.07, 6.45) is 1.83. The van der Waals surface area contributed by atoms with Crippen molar-refractivity contribution in [3.63, 3.8) is 0 Å². The molecule has 1 aliphatic rings. The van der Waals surface area contributed by atoms with Gasteiger partial charge in [-0.2, -0.15) is 0 Å². The summed E-state index contributed by atoms with van der Waals surface area (Å²) in [6.45, 7) is 8.71. The minimum atomic E-state index is 0.167. The molecule has 1 aromatic rings. The van der Waals surface area contributed by atoms with Gasteiger partial charge >= 0.3 is 0 Å². The van der Waals surface area contributed by atoms with E-state index in [4.69, 9.17) is 0 Å². The lowest BCUT2D eigenvalue weighted by Crippen LogP contribution is -2.46. The molecule has 76 valence electrons. The van der Waals surface area contributed by atoms with Crippen LogP contribution in [0, 0.1) is 0 Å². The molecule has 0 bridgehead atoms. The number of anilines is 2. The van der Waals surface area contributed by atoms with Gasteiger partial charge in [0.25, 0.3) is 0 Å². The molecular formula is C11H17N3. The predicted octanol–water partition coefficient (Wildman–Crippen LogP) is 2.11. The summed E-state index contributed by atoms with van der Waals surface area (Å²) in [5.41, 5.74) is 1.38. The van der Waals surface area contributed by atoms with Gasteiger partial charge in [-0.25, -0.2) is 4.98 Å². The van der Waals surface area contributed by atoms with Crippen molar-refractivity contribution in [1.29, 1.82) is 0 Å². The summed E-state index contributed by atoms with van der Waals surface area (Å²) < 4.78 is 0. The molecule has 0 unspecified atom stereocenters. The second kappa shape index (κ2) is 3.15. The highest BCUT2D eigenvalue weighted by atomic mass is 15.3. The smallest absolute Gasteiger partial charge is 0.149 e. The molecule has 0 radical (unpaired) electrons. The number of rotatable bonds is 0. The molecule has 1 aromatic heterocycles. The van der Waals surface area contributed by atoms with Crippen LogP contribution >= 0.6 is 0 Å². The normalized spacial score (nSPS) is 16.1. The van der Waals surface area contributed by atoms with Crippen molar-refractivity contribution >= 4 is 11.5 Å². The topological polar surface area (TPSA) is 28.2 Å². The Morgan fingerprint density at radius 2 is 2.21 bits per heavy atom. The zero-order chi connectivity index (χ0) is 10.2. The van der Waals surface area contributed by atoms with Gasteiger partial charge in [-0.05, 0) is 32.9 Å². The fourth-order valence-electron chi connectivity index (χ4n) is 1.85. The summed E-state index contributed by atoms with van der Waals surface area (Å²) in [5, 5.41) is 3.31. The lowest BCUT2D eigenvalue weighted by Gasteiger charge is -2.41. The average molecular weight is 191 g/mol. The van der Waals surface area contributed by atoms with Gasteiger partial charge in [0, 0.05) is 24.8 Å². The Kier molecular flexibility index (Phi) is 2.10. The standard InChI is InChI=1S/C11H17N3/c1-11(2,3)14-8-7-13-10-9(14)5-4-6-12-10/h4-6H,7-8H2,1-3H3,(H,12,13). The molecule has 0 amide bonds. The van der Waals surface area contributed by atoms with E-state index >= 15 is 0 Å². The third-order valence-corrected chi connectivity index (χ3v) is 2.51.